The van der Waals surface area contributed by atoms with Crippen molar-refractivity contribution in [2.24, 2.45) is 0 Å². The first-order chi connectivity index (χ1) is 8.24. The van der Waals surface area contributed by atoms with Gasteiger partial charge in [0.25, 0.3) is 5.91 Å². The SMILES string of the molecule is CCC(CC)NC(=O)c1cn2c(n1)NCCC2. The van der Waals surface area contributed by atoms with Crippen LogP contribution in [0.25, 0.3) is 0 Å². The molecule has 1 aromatic rings. The Morgan fingerprint density at radius 1 is 1.59 bits per heavy atom. The highest BCUT2D eigenvalue weighted by molar-refractivity contribution is 5.92. The molecule has 94 valence electrons. The maximum Gasteiger partial charge on any atom is 0.271 e. The van der Waals surface area contributed by atoms with E-state index in [2.05, 4.69) is 29.5 Å². The van der Waals surface area contributed by atoms with Gasteiger partial charge < -0.3 is 15.2 Å². The fourth-order valence-corrected chi connectivity index (χ4v) is 2.04. The third kappa shape index (κ3) is 2.60. The first-order valence-corrected chi connectivity index (χ1v) is 6.36. The molecule has 0 aliphatic carbocycles. The van der Waals surface area contributed by atoms with Crippen LogP contribution in [0.4, 0.5) is 5.95 Å². The second-order valence-corrected chi connectivity index (χ2v) is 4.41. The molecule has 2 N–H and O–H groups in total. The second-order valence-electron chi connectivity index (χ2n) is 4.41. The summed E-state index contributed by atoms with van der Waals surface area (Å²) in [5.41, 5.74) is 0.515. The fourth-order valence-electron chi connectivity index (χ4n) is 2.04. The van der Waals surface area contributed by atoms with E-state index in [0.717, 1.165) is 38.3 Å². The summed E-state index contributed by atoms with van der Waals surface area (Å²) in [5, 5.41) is 6.19. The van der Waals surface area contributed by atoms with Crippen molar-refractivity contribution < 1.29 is 4.79 Å². The molecule has 0 radical (unpaired) electrons. The molecule has 2 rings (SSSR count). The minimum atomic E-state index is -0.0672. The van der Waals surface area contributed by atoms with Gasteiger partial charge >= 0.3 is 0 Å². The van der Waals surface area contributed by atoms with Gasteiger partial charge in [-0.3, -0.25) is 4.79 Å². The van der Waals surface area contributed by atoms with Crippen molar-refractivity contribution in [2.45, 2.75) is 45.7 Å². The van der Waals surface area contributed by atoms with Crippen molar-refractivity contribution in [3.63, 3.8) is 0 Å². The van der Waals surface area contributed by atoms with Crippen LogP contribution in [0.2, 0.25) is 0 Å². The predicted molar refractivity (Wildman–Crippen MR) is 67.2 cm³/mol. The third-order valence-electron chi connectivity index (χ3n) is 3.19. The molecule has 0 spiro atoms. The summed E-state index contributed by atoms with van der Waals surface area (Å²) in [6.07, 6.45) is 4.82. The summed E-state index contributed by atoms with van der Waals surface area (Å²) < 4.78 is 2.01. The normalized spacial score (nSPS) is 14.3. The van der Waals surface area contributed by atoms with Crippen LogP contribution in [0.15, 0.2) is 6.20 Å². The number of carbonyl (C=O) groups excluding carboxylic acids is 1. The van der Waals surface area contributed by atoms with Crippen LogP contribution in [0.5, 0.6) is 0 Å². The molecule has 1 aliphatic heterocycles. The zero-order valence-corrected chi connectivity index (χ0v) is 10.5. The Balaban J connectivity index is 2.06. The van der Waals surface area contributed by atoms with Gasteiger partial charge in [0.15, 0.2) is 0 Å². The molecule has 0 fully saturated rings. The van der Waals surface area contributed by atoms with E-state index in [4.69, 9.17) is 0 Å². The number of aryl methyl sites for hydroxylation is 1. The summed E-state index contributed by atoms with van der Waals surface area (Å²) in [7, 11) is 0. The molecule has 0 aromatic carbocycles. The monoisotopic (exact) mass is 236 g/mol. The van der Waals surface area contributed by atoms with Gasteiger partial charge in [-0.15, -0.1) is 0 Å². The van der Waals surface area contributed by atoms with Gasteiger partial charge in [-0.2, -0.15) is 0 Å². The highest BCUT2D eigenvalue weighted by atomic mass is 16.2. The molecule has 17 heavy (non-hydrogen) atoms. The Bertz CT molecular complexity index is 372. The first kappa shape index (κ1) is 12.0. The molecule has 0 unspecified atom stereocenters. The Kier molecular flexibility index (Phi) is 3.66. The average molecular weight is 236 g/mol. The lowest BCUT2D eigenvalue weighted by molar-refractivity contribution is 0.0930. The lowest BCUT2D eigenvalue weighted by atomic mass is 10.2. The molecular weight excluding hydrogens is 216 g/mol. The largest absolute Gasteiger partial charge is 0.356 e. The molecule has 1 amide bonds. The van der Waals surface area contributed by atoms with Crippen molar-refractivity contribution in [1.82, 2.24) is 14.9 Å². The van der Waals surface area contributed by atoms with E-state index in [-0.39, 0.29) is 11.9 Å². The Hall–Kier alpha value is -1.52. The number of hydrogen-bond donors (Lipinski definition) is 2. The van der Waals surface area contributed by atoms with Gasteiger partial charge in [-0.05, 0) is 19.3 Å². The summed E-state index contributed by atoms with van der Waals surface area (Å²) >= 11 is 0. The van der Waals surface area contributed by atoms with Crippen molar-refractivity contribution in [2.75, 3.05) is 11.9 Å². The maximum atomic E-state index is 12.0. The molecule has 0 bridgehead atoms. The standard InChI is InChI=1S/C12H20N4O/c1-3-9(4-2)14-11(17)10-8-16-7-5-6-13-12(16)15-10/h8-9H,3-7H2,1-2H3,(H,13,15)(H,14,17). The average Bonchev–Trinajstić information content (AvgIpc) is 2.79. The van der Waals surface area contributed by atoms with Gasteiger partial charge in [-0.1, -0.05) is 13.8 Å². The topological polar surface area (TPSA) is 59.0 Å². The molecule has 0 saturated heterocycles. The summed E-state index contributed by atoms with van der Waals surface area (Å²) in [6, 6.07) is 0.245. The number of anilines is 1. The van der Waals surface area contributed by atoms with Crippen LogP contribution in [0, 0.1) is 0 Å². The van der Waals surface area contributed by atoms with E-state index in [0.29, 0.717) is 5.69 Å². The second kappa shape index (κ2) is 5.21. The van der Waals surface area contributed by atoms with Crippen LogP contribution in [-0.4, -0.2) is 28.0 Å². The molecule has 1 aliphatic rings. The predicted octanol–water partition coefficient (Wildman–Crippen LogP) is 1.62. The Labute approximate surface area is 102 Å². The number of aromatic nitrogens is 2. The van der Waals surface area contributed by atoms with Crippen molar-refractivity contribution in [3.05, 3.63) is 11.9 Å². The van der Waals surface area contributed by atoms with E-state index in [1.165, 1.54) is 0 Å². The van der Waals surface area contributed by atoms with Crippen LogP contribution < -0.4 is 10.6 Å². The van der Waals surface area contributed by atoms with Gasteiger partial charge in [0, 0.05) is 25.3 Å². The number of nitrogens with one attached hydrogen (secondary N) is 2. The van der Waals surface area contributed by atoms with Crippen molar-refractivity contribution >= 4 is 11.9 Å². The lowest BCUT2D eigenvalue weighted by Gasteiger charge is -2.14. The zero-order valence-electron chi connectivity index (χ0n) is 10.5. The Morgan fingerprint density at radius 3 is 3.00 bits per heavy atom. The highest BCUT2D eigenvalue weighted by Gasteiger charge is 2.17. The summed E-state index contributed by atoms with van der Waals surface area (Å²) in [4.78, 5) is 16.3. The molecule has 5 heteroatoms. The van der Waals surface area contributed by atoms with Gasteiger partial charge in [0.2, 0.25) is 5.95 Å². The van der Waals surface area contributed by atoms with Crippen molar-refractivity contribution in [1.29, 1.82) is 0 Å². The molecular formula is C12H20N4O. The number of carbonyl (C=O) groups is 1. The zero-order chi connectivity index (χ0) is 12.3. The van der Waals surface area contributed by atoms with E-state index >= 15 is 0 Å². The number of hydrogen-bond acceptors (Lipinski definition) is 3. The summed E-state index contributed by atoms with van der Waals surface area (Å²) in [5.74, 6) is 0.744. The molecule has 1 aromatic heterocycles. The number of imidazole rings is 1. The van der Waals surface area contributed by atoms with Crippen molar-refractivity contribution in [3.8, 4) is 0 Å². The van der Waals surface area contributed by atoms with Gasteiger partial charge in [0.05, 0.1) is 0 Å². The number of nitrogens with zero attached hydrogens (tertiary/aromatic N) is 2. The molecule has 2 heterocycles. The van der Waals surface area contributed by atoms with Gasteiger partial charge in [-0.25, -0.2) is 4.98 Å². The lowest BCUT2D eigenvalue weighted by Crippen LogP contribution is -2.34. The minimum Gasteiger partial charge on any atom is -0.356 e. The fraction of sp³-hybridized carbons (Fsp3) is 0.667. The highest BCUT2D eigenvalue weighted by Crippen LogP contribution is 2.14. The molecule has 5 nitrogen and oxygen atoms in total. The molecule has 0 atom stereocenters. The van der Waals surface area contributed by atoms with E-state index in [1.54, 1.807) is 0 Å². The van der Waals surface area contributed by atoms with Crippen LogP contribution in [0.1, 0.15) is 43.6 Å². The quantitative estimate of drug-likeness (QED) is 0.835. The van der Waals surface area contributed by atoms with Crippen LogP contribution >= 0.6 is 0 Å². The van der Waals surface area contributed by atoms with Gasteiger partial charge in [0.1, 0.15) is 5.69 Å². The van der Waals surface area contributed by atoms with E-state index < -0.39 is 0 Å². The van der Waals surface area contributed by atoms with Crippen LogP contribution in [-0.2, 0) is 6.54 Å². The number of amides is 1. The minimum absolute atomic E-state index is 0.0672. The first-order valence-electron chi connectivity index (χ1n) is 6.36. The Morgan fingerprint density at radius 2 is 2.35 bits per heavy atom. The van der Waals surface area contributed by atoms with Crippen LogP contribution in [0.3, 0.4) is 0 Å². The number of rotatable bonds is 4. The summed E-state index contributed by atoms with van der Waals surface area (Å²) in [6.45, 7) is 6.03. The maximum absolute atomic E-state index is 12.0. The smallest absolute Gasteiger partial charge is 0.271 e. The van der Waals surface area contributed by atoms with E-state index in [1.807, 2.05) is 10.8 Å². The third-order valence-corrected chi connectivity index (χ3v) is 3.19. The number of fused-ring (bicyclic) bond motifs is 1. The molecule has 0 saturated carbocycles. The van der Waals surface area contributed by atoms with E-state index in [9.17, 15) is 4.79 Å².